The number of nitrogens with two attached hydrogens (primary N) is 1. The van der Waals surface area contributed by atoms with E-state index in [9.17, 15) is 8.42 Å². The second-order valence-corrected chi connectivity index (χ2v) is 5.97. The first-order chi connectivity index (χ1) is 9.51. The van der Waals surface area contributed by atoms with E-state index in [0.717, 1.165) is 5.56 Å². The molecule has 0 bridgehead atoms. The summed E-state index contributed by atoms with van der Waals surface area (Å²) in [7, 11) is -3.56. The molecule has 0 amide bonds. The minimum atomic E-state index is -3.56. The molecule has 5 nitrogen and oxygen atoms in total. The fourth-order valence-electron chi connectivity index (χ4n) is 1.61. The van der Waals surface area contributed by atoms with Crippen molar-refractivity contribution in [2.45, 2.75) is 11.4 Å². The second-order valence-electron chi connectivity index (χ2n) is 4.20. The molecule has 2 rings (SSSR count). The summed E-state index contributed by atoms with van der Waals surface area (Å²) < 4.78 is 26.6. The molecule has 0 fully saturated rings. The molecular formula is C14H13N3O2S. The smallest absolute Gasteiger partial charge is 0.240 e. The van der Waals surface area contributed by atoms with Crippen LogP contribution in [0.4, 0.5) is 5.69 Å². The third-order valence-corrected chi connectivity index (χ3v) is 4.16. The van der Waals surface area contributed by atoms with Crippen LogP contribution in [-0.4, -0.2) is 8.42 Å². The Balaban J connectivity index is 2.09. The highest BCUT2D eigenvalue weighted by Gasteiger charge is 2.13. The molecule has 0 saturated heterocycles. The van der Waals surface area contributed by atoms with Crippen LogP contribution in [0.3, 0.4) is 0 Å². The molecule has 20 heavy (non-hydrogen) atoms. The van der Waals surface area contributed by atoms with Crippen LogP contribution in [0, 0.1) is 11.3 Å². The molecule has 0 heterocycles. The SMILES string of the molecule is N#Cc1ccc(CNS(=O)(=O)c2ccc(N)cc2)cc1. The van der Waals surface area contributed by atoms with Gasteiger partial charge in [0.25, 0.3) is 0 Å². The molecule has 6 heteroatoms. The zero-order chi connectivity index (χ0) is 14.6. The summed E-state index contributed by atoms with van der Waals surface area (Å²) in [6.45, 7) is 0.165. The van der Waals surface area contributed by atoms with Crippen LogP contribution in [0.25, 0.3) is 0 Å². The predicted octanol–water partition coefficient (Wildman–Crippen LogP) is 1.62. The maximum atomic E-state index is 12.0. The lowest BCUT2D eigenvalue weighted by molar-refractivity contribution is 0.581. The molecule has 0 aliphatic heterocycles. The molecule has 0 aromatic heterocycles. The molecule has 0 saturated carbocycles. The zero-order valence-corrected chi connectivity index (χ0v) is 11.4. The van der Waals surface area contributed by atoms with Crippen molar-refractivity contribution in [2.24, 2.45) is 0 Å². The Labute approximate surface area is 117 Å². The van der Waals surface area contributed by atoms with Crippen LogP contribution >= 0.6 is 0 Å². The van der Waals surface area contributed by atoms with Crippen molar-refractivity contribution >= 4 is 15.7 Å². The second kappa shape index (κ2) is 5.74. The van der Waals surface area contributed by atoms with Crippen molar-refractivity contribution in [1.29, 1.82) is 5.26 Å². The lowest BCUT2D eigenvalue weighted by Crippen LogP contribution is -2.23. The Morgan fingerprint density at radius 2 is 1.65 bits per heavy atom. The molecule has 0 aliphatic rings. The summed E-state index contributed by atoms with van der Waals surface area (Å²) in [6.07, 6.45) is 0. The molecule has 102 valence electrons. The number of nitrogens with one attached hydrogen (secondary N) is 1. The molecule has 2 aromatic carbocycles. The van der Waals surface area contributed by atoms with Gasteiger partial charge >= 0.3 is 0 Å². The standard InChI is InChI=1S/C14H13N3O2S/c15-9-11-1-3-12(4-2-11)10-17-20(18,19)14-7-5-13(16)6-8-14/h1-8,17H,10,16H2. The van der Waals surface area contributed by atoms with Crippen molar-refractivity contribution in [3.8, 4) is 6.07 Å². The molecule has 2 aromatic rings. The van der Waals surface area contributed by atoms with Gasteiger partial charge in [-0.15, -0.1) is 0 Å². The number of anilines is 1. The van der Waals surface area contributed by atoms with Gasteiger partial charge in [-0.2, -0.15) is 5.26 Å². The van der Waals surface area contributed by atoms with E-state index < -0.39 is 10.0 Å². The van der Waals surface area contributed by atoms with Gasteiger partial charge in [0.2, 0.25) is 10.0 Å². The van der Waals surface area contributed by atoms with Gasteiger partial charge in [0, 0.05) is 12.2 Å². The quantitative estimate of drug-likeness (QED) is 0.835. The van der Waals surface area contributed by atoms with Crippen molar-refractivity contribution < 1.29 is 8.42 Å². The van der Waals surface area contributed by atoms with Gasteiger partial charge in [0.05, 0.1) is 16.5 Å². The summed E-state index contributed by atoms with van der Waals surface area (Å²) in [5, 5.41) is 8.69. The normalized spacial score (nSPS) is 10.9. The molecule has 0 aliphatic carbocycles. The van der Waals surface area contributed by atoms with E-state index in [1.54, 1.807) is 24.3 Å². The molecule has 0 radical (unpaired) electrons. The summed E-state index contributed by atoms with van der Waals surface area (Å²) in [5.74, 6) is 0. The van der Waals surface area contributed by atoms with Crippen LogP contribution in [0.1, 0.15) is 11.1 Å². The van der Waals surface area contributed by atoms with E-state index in [4.69, 9.17) is 11.0 Å². The lowest BCUT2D eigenvalue weighted by Gasteiger charge is -2.07. The Kier molecular flexibility index (Phi) is 4.03. The Morgan fingerprint density at radius 3 is 2.20 bits per heavy atom. The maximum absolute atomic E-state index is 12.0. The van der Waals surface area contributed by atoms with Crippen molar-refractivity contribution in [3.63, 3.8) is 0 Å². The fourth-order valence-corrected chi connectivity index (χ4v) is 2.62. The third-order valence-electron chi connectivity index (χ3n) is 2.74. The van der Waals surface area contributed by atoms with Gasteiger partial charge < -0.3 is 5.73 Å². The average molecular weight is 287 g/mol. The summed E-state index contributed by atoms with van der Waals surface area (Å²) >= 11 is 0. The van der Waals surface area contributed by atoms with Gasteiger partial charge in [0.15, 0.2) is 0 Å². The number of nitrogens with zero attached hydrogens (tertiary/aromatic N) is 1. The monoisotopic (exact) mass is 287 g/mol. The van der Waals surface area contributed by atoms with E-state index in [0.29, 0.717) is 11.3 Å². The van der Waals surface area contributed by atoms with E-state index in [1.165, 1.54) is 24.3 Å². The van der Waals surface area contributed by atoms with E-state index in [-0.39, 0.29) is 11.4 Å². The molecule has 0 spiro atoms. The fraction of sp³-hybridized carbons (Fsp3) is 0.0714. The number of benzene rings is 2. The van der Waals surface area contributed by atoms with Crippen LogP contribution < -0.4 is 10.5 Å². The highest BCUT2D eigenvalue weighted by atomic mass is 32.2. The Hall–Kier alpha value is -2.36. The molecular weight excluding hydrogens is 274 g/mol. The van der Waals surface area contributed by atoms with Gasteiger partial charge in [-0.3, -0.25) is 0 Å². The highest BCUT2D eigenvalue weighted by Crippen LogP contribution is 2.12. The van der Waals surface area contributed by atoms with Crippen LogP contribution in [-0.2, 0) is 16.6 Å². The average Bonchev–Trinajstić information content (AvgIpc) is 2.46. The van der Waals surface area contributed by atoms with Crippen LogP contribution in [0.15, 0.2) is 53.4 Å². The third kappa shape index (κ3) is 3.35. The number of hydrogen-bond donors (Lipinski definition) is 2. The first-order valence-electron chi connectivity index (χ1n) is 5.85. The number of nitriles is 1. The van der Waals surface area contributed by atoms with Crippen molar-refractivity contribution in [2.75, 3.05) is 5.73 Å². The van der Waals surface area contributed by atoms with Gasteiger partial charge in [-0.1, -0.05) is 12.1 Å². The number of hydrogen-bond acceptors (Lipinski definition) is 4. The highest BCUT2D eigenvalue weighted by molar-refractivity contribution is 7.89. The Bertz CT molecular complexity index is 729. The minimum absolute atomic E-state index is 0.165. The number of rotatable bonds is 4. The maximum Gasteiger partial charge on any atom is 0.240 e. The van der Waals surface area contributed by atoms with E-state index in [2.05, 4.69) is 4.72 Å². The molecule has 0 unspecified atom stereocenters. The van der Waals surface area contributed by atoms with Crippen LogP contribution in [0.2, 0.25) is 0 Å². The summed E-state index contributed by atoms with van der Waals surface area (Å²) in [5.41, 5.74) is 7.35. The zero-order valence-electron chi connectivity index (χ0n) is 10.6. The first kappa shape index (κ1) is 14.1. The molecule has 3 N–H and O–H groups in total. The Morgan fingerprint density at radius 1 is 1.05 bits per heavy atom. The predicted molar refractivity (Wildman–Crippen MR) is 76.0 cm³/mol. The van der Waals surface area contributed by atoms with Gasteiger partial charge in [0.1, 0.15) is 0 Å². The minimum Gasteiger partial charge on any atom is -0.399 e. The van der Waals surface area contributed by atoms with E-state index in [1.807, 2.05) is 6.07 Å². The first-order valence-corrected chi connectivity index (χ1v) is 7.34. The van der Waals surface area contributed by atoms with Crippen LogP contribution in [0.5, 0.6) is 0 Å². The number of nitrogen functional groups attached to an aromatic ring is 1. The topological polar surface area (TPSA) is 96.0 Å². The van der Waals surface area contributed by atoms with Crippen molar-refractivity contribution in [3.05, 3.63) is 59.7 Å². The molecule has 0 atom stereocenters. The van der Waals surface area contributed by atoms with E-state index >= 15 is 0 Å². The lowest BCUT2D eigenvalue weighted by atomic mass is 10.1. The summed E-state index contributed by atoms with van der Waals surface area (Å²) in [6, 6.07) is 14.7. The van der Waals surface area contributed by atoms with Gasteiger partial charge in [-0.05, 0) is 42.0 Å². The largest absolute Gasteiger partial charge is 0.399 e. The van der Waals surface area contributed by atoms with Crippen molar-refractivity contribution in [1.82, 2.24) is 4.72 Å². The van der Waals surface area contributed by atoms with Gasteiger partial charge in [-0.25, -0.2) is 13.1 Å². The summed E-state index contributed by atoms with van der Waals surface area (Å²) in [4.78, 5) is 0.167. The number of sulfonamides is 1.